The zero-order valence-electron chi connectivity index (χ0n) is 20.9. The van der Waals surface area contributed by atoms with E-state index in [1.807, 2.05) is 51.1 Å². The number of ether oxygens (including phenoxy) is 3. The first kappa shape index (κ1) is 26.0. The van der Waals surface area contributed by atoms with Crippen LogP contribution < -0.4 is 15.0 Å². The maximum atomic E-state index is 12.8. The third-order valence-electron chi connectivity index (χ3n) is 5.39. The minimum absolute atomic E-state index is 0.0989. The van der Waals surface area contributed by atoms with E-state index >= 15 is 0 Å². The first-order valence-electron chi connectivity index (χ1n) is 12.1. The molecule has 2 aromatic carbocycles. The van der Waals surface area contributed by atoms with Crippen molar-refractivity contribution in [2.24, 2.45) is 5.92 Å². The number of rotatable bonds is 12. The molecule has 35 heavy (non-hydrogen) atoms. The van der Waals surface area contributed by atoms with E-state index in [0.29, 0.717) is 55.7 Å². The van der Waals surface area contributed by atoms with E-state index in [2.05, 4.69) is 4.98 Å². The van der Waals surface area contributed by atoms with E-state index in [9.17, 15) is 9.59 Å². The molecule has 0 bridgehead atoms. The summed E-state index contributed by atoms with van der Waals surface area (Å²) < 4.78 is 18.5. The van der Waals surface area contributed by atoms with Crippen molar-refractivity contribution in [3.8, 4) is 22.8 Å². The van der Waals surface area contributed by atoms with Crippen LogP contribution in [0.3, 0.4) is 0 Å². The molecule has 0 aliphatic rings. The number of aromatic nitrogens is 2. The molecule has 0 spiro atoms. The molecular weight excluding hydrogens is 444 g/mol. The van der Waals surface area contributed by atoms with E-state index in [1.54, 1.807) is 41.8 Å². The van der Waals surface area contributed by atoms with Gasteiger partial charge in [0.25, 0.3) is 5.56 Å². The number of aryl methyl sites for hydroxylation is 1. The van der Waals surface area contributed by atoms with Crippen molar-refractivity contribution in [1.82, 2.24) is 9.55 Å². The van der Waals surface area contributed by atoms with Crippen LogP contribution in [0.25, 0.3) is 11.3 Å². The Morgan fingerprint density at radius 2 is 1.69 bits per heavy atom. The molecule has 1 aromatic heterocycles. The molecule has 0 radical (unpaired) electrons. The van der Waals surface area contributed by atoms with Gasteiger partial charge in [-0.2, -0.15) is 0 Å². The van der Waals surface area contributed by atoms with Gasteiger partial charge >= 0.3 is 5.97 Å². The van der Waals surface area contributed by atoms with Crippen molar-refractivity contribution < 1.29 is 19.0 Å². The molecule has 0 saturated carbocycles. The summed E-state index contributed by atoms with van der Waals surface area (Å²) in [6.07, 6.45) is 0.565. The van der Waals surface area contributed by atoms with Crippen LogP contribution >= 0.6 is 0 Å². The highest BCUT2D eigenvalue weighted by atomic mass is 16.6. The molecule has 186 valence electrons. The van der Waals surface area contributed by atoms with Gasteiger partial charge in [-0.3, -0.25) is 9.36 Å². The summed E-state index contributed by atoms with van der Waals surface area (Å²) in [5.41, 5.74) is 1.50. The van der Waals surface area contributed by atoms with Crippen LogP contribution in [0.15, 0.2) is 65.5 Å². The molecule has 7 heteroatoms. The number of carbonyl (C=O) groups excluding carboxylic acids is 1. The van der Waals surface area contributed by atoms with Crippen LogP contribution in [-0.4, -0.2) is 34.8 Å². The Morgan fingerprint density at radius 3 is 2.31 bits per heavy atom. The zero-order chi connectivity index (χ0) is 25.2. The fraction of sp³-hybridized carbons (Fsp3) is 0.393. The average Bonchev–Trinajstić information content (AvgIpc) is 2.85. The molecule has 0 aliphatic heterocycles. The van der Waals surface area contributed by atoms with Gasteiger partial charge in [-0.25, -0.2) is 9.78 Å². The van der Waals surface area contributed by atoms with Crippen molar-refractivity contribution >= 4 is 5.97 Å². The van der Waals surface area contributed by atoms with Crippen molar-refractivity contribution in [3.05, 3.63) is 76.8 Å². The van der Waals surface area contributed by atoms with Crippen LogP contribution in [0.5, 0.6) is 11.5 Å². The van der Waals surface area contributed by atoms with Crippen molar-refractivity contribution in [2.75, 3.05) is 13.2 Å². The highest BCUT2D eigenvalue weighted by Gasteiger charge is 2.23. The Morgan fingerprint density at radius 1 is 1.00 bits per heavy atom. The maximum absolute atomic E-state index is 12.8. The predicted octanol–water partition coefficient (Wildman–Crippen LogP) is 4.91. The molecule has 1 atom stereocenters. The molecule has 7 nitrogen and oxygen atoms in total. The molecule has 0 N–H and O–H groups in total. The summed E-state index contributed by atoms with van der Waals surface area (Å²) >= 11 is 0. The van der Waals surface area contributed by atoms with Crippen molar-refractivity contribution in [1.29, 1.82) is 0 Å². The van der Waals surface area contributed by atoms with E-state index in [4.69, 9.17) is 14.2 Å². The molecule has 0 aliphatic carbocycles. The third-order valence-corrected chi connectivity index (χ3v) is 5.39. The van der Waals surface area contributed by atoms with Crippen molar-refractivity contribution in [3.63, 3.8) is 0 Å². The number of hydrogen-bond acceptors (Lipinski definition) is 6. The minimum atomic E-state index is -0.646. The van der Waals surface area contributed by atoms with Crippen LogP contribution in [0.2, 0.25) is 0 Å². The highest BCUT2D eigenvalue weighted by molar-refractivity contribution is 5.75. The summed E-state index contributed by atoms with van der Waals surface area (Å²) in [5, 5.41) is 0. The van der Waals surface area contributed by atoms with Gasteiger partial charge in [0.15, 0.2) is 6.10 Å². The van der Waals surface area contributed by atoms with Gasteiger partial charge in [0.1, 0.15) is 23.9 Å². The van der Waals surface area contributed by atoms with E-state index < -0.39 is 6.10 Å². The standard InChI is InChI=1S/C28H34N2O5/c1-5-26-29-24(21-10-8-7-9-11-21)19-27(31)30(26)16-17-34-22-12-14-23(15-13-22)35-25(18-20(3)4)28(32)33-6-2/h7-15,19-20,25H,5-6,16-18H2,1-4H3. The van der Waals surface area contributed by atoms with Crippen LogP contribution in [0.4, 0.5) is 0 Å². The smallest absolute Gasteiger partial charge is 0.347 e. The Kier molecular flexibility index (Phi) is 9.47. The van der Waals surface area contributed by atoms with Gasteiger partial charge in [-0.05, 0) is 43.5 Å². The number of carbonyl (C=O) groups is 1. The van der Waals surface area contributed by atoms with E-state index in [1.165, 1.54) is 0 Å². The molecule has 0 amide bonds. The lowest BCUT2D eigenvalue weighted by molar-refractivity contribution is -0.152. The summed E-state index contributed by atoms with van der Waals surface area (Å²) in [6, 6.07) is 18.4. The second-order valence-corrected chi connectivity index (χ2v) is 8.58. The summed E-state index contributed by atoms with van der Waals surface area (Å²) in [4.78, 5) is 29.7. The fourth-order valence-corrected chi connectivity index (χ4v) is 3.71. The van der Waals surface area contributed by atoms with Crippen LogP contribution in [0, 0.1) is 5.92 Å². The number of esters is 1. The van der Waals surface area contributed by atoms with Gasteiger partial charge in [-0.1, -0.05) is 51.1 Å². The predicted molar refractivity (Wildman–Crippen MR) is 136 cm³/mol. The quantitative estimate of drug-likeness (QED) is 0.344. The number of hydrogen-bond donors (Lipinski definition) is 0. The second-order valence-electron chi connectivity index (χ2n) is 8.58. The van der Waals surface area contributed by atoms with Crippen LogP contribution in [-0.2, 0) is 22.5 Å². The molecule has 3 aromatic rings. The number of benzene rings is 2. The fourth-order valence-electron chi connectivity index (χ4n) is 3.71. The Balaban J connectivity index is 1.61. The molecule has 1 heterocycles. The van der Waals surface area contributed by atoms with E-state index in [-0.39, 0.29) is 11.5 Å². The molecule has 0 saturated heterocycles. The van der Waals surface area contributed by atoms with Crippen molar-refractivity contribution in [2.45, 2.75) is 53.2 Å². The summed E-state index contributed by atoms with van der Waals surface area (Å²) in [7, 11) is 0. The largest absolute Gasteiger partial charge is 0.492 e. The highest BCUT2D eigenvalue weighted by Crippen LogP contribution is 2.21. The van der Waals surface area contributed by atoms with Gasteiger partial charge in [-0.15, -0.1) is 0 Å². The molecule has 3 rings (SSSR count). The second kappa shape index (κ2) is 12.7. The first-order chi connectivity index (χ1) is 16.9. The Hall–Kier alpha value is -3.61. The monoisotopic (exact) mass is 478 g/mol. The lowest BCUT2D eigenvalue weighted by atomic mass is 10.1. The van der Waals surface area contributed by atoms with Gasteiger partial charge in [0.05, 0.1) is 18.8 Å². The van der Waals surface area contributed by atoms with Gasteiger partial charge in [0.2, 0.25) is 0 Å². The molecular formula is C28H34N2O5. The Labute approximate surface area is 206 Å². The first-order valence-corrected chi connectivity index (χ1v) is 12.1. The Bertz CT molecular complexity index is 1140. The normalized spacial score (nSPS) is 11.8. The summed E-state index contributed by atoms with van der Waals surface area (Å²) in [6.45, 7) is 8.85. The summed E-state index contributed by atoms with van der Waals surface area (Å²) in [5.74, 6) is 1.87. The SMILES string of the molecule is CCOC(=O)C(CC(C)C)Oc1ccc(OCCn2c(CC)nc(-c3ccccc3)cc2=O)cc1. The minimum Gasteiger partial charge on any atom is -0.492 e. The number of nitrogens with zero attached hydrogens (tertiary/aromatic N) is 2. The maximum Gasteiger partial charge on any atom is 0.347 e. The third kappa shape index (κ3) is 7.44. The van der Waals surface area contributed by atoms with Crippen LogP contribution in [0.1, 0.15) is 39.9 Å². The molecule has 0 fully saturated rings. The van der Waals surface area contributed by atoms with Gasteiger partial charge < -0.3 is 14.2 Å². The lowest BCUT2D eigenvalue weighted by Gasteiger charge is -2.19. The van der Waals surface area contributed by atoms with Gasteiger partial charge in [0, 0.05) is 18.1 Å². The lowest BCUT2D eigenvalue weighted by Crippen LogP contribution is -2.30. The average molecular weight is 479 g/mol. The zero-order valence-corrected chi connectivity index (χ0v) is 20.9. The van der Waals surface area contributed by atoms with E-state index in [0.717, 1.165) is 11.4 Å². The topological polar surface area (TPSA) is 79.7 Å². The molecule has 1 unspecified atom stereocenters.